The number of aromatic nitrogens is 1. The zero-order valence-corrected chi connectivity index (χ0v) is 13.3. The Morgan fingerprint density at radius 3 is 2.75 bits per heavy atom. The van der Waals surface area contributed by atoms with Crippen LogP contribution in [0.15, 0.2) is 5.38 Å². The van der Waals surface area contributed by atoms with Gasteiger partial charge in [-0.25, -0.2) is 4.98 Å². The second-order valence-corrected chi connectivity index (χ2v) is 6.39. The zero-order chi connectivity index (χ0) is 14.4. The summed E-state index contributed by atoms with van der Waals surface area (Å²) in [6, 6.07) is 0.236. The Labute approximate surface area is 125 Å². The van der Waals surface area contributed by atoms with Crippen molar-refractivity contribution in [3.8, 4) is 0 Å². The summed E-state index contributed by atoms with van der Waals surface area (Å²) in [6.07, 6.45) is 6.95. The standard InChI is InChI=1S/C15H25N3OS/c1-3-16-11(2)13-10-20-15(17-13)18-14(19)12-8-6-4-5-7-9-12/h10-12,16H,3-9H2,1-2H3,(H,17,18,19). The molecule has 1 aromatic heterocycles. The molecule has 2 N–H and O–H groups in total. The van der Waals surface area contributed by atoms with Crippen molar-refractivity contribution >= 4 is 22.4 Å². The summed E-state index contributed by atoms with van der Waals surface area (Å²) < 4.78 is 0. The lowest BCUT2D eigenvalue weighted by Gasteiger charge is -2.12. The van der Waals surface area contributed by atoms with Gasteiger partial charge < -0.3 is 10.6 Å². The number of nitrogens with zero attached hydrogens (tertiary/aromatic N) is 1. The molecule has 5 heteroatoms. The molecule has 0 bridgehead atoms. The van der Waals surface area contributed by atoms with Crippen LogP contribution in [0.1, 0.15) is 64.1 Å². The molecule has 1 atom stereocenters. The fourth-order valence-electron chi connectivity index (χ4n) is 2.70. The van der Waals surface area contributed by atoms with E-state index in [1.54, 1.807) is 0 Å². The van der Waals surface area contributed by atoms with Crippen LogP contribution in [-0.2, 0) is 4.79 Å². The van der Waals surface area contributed by atoms with E-state index in [1.165, 1.54) is 37.0 Å². The summed E-state index contributed by atoms with van der Waals surface area (Å²) in [6.45, 7) is 5.09. The molecule has 1 aliphatic carbocycles. The van der Waals surface area contributed by atoms with Gasteiger partial charge >= 0.3 is 0 Å². The molecule has 0 saturated heterocycles. The summed E-state index contributed by atoms with van der Waals surface area (Å²) in [7, 11) is 0. The predicted octanol–water partition coefficient (Wildman–Crippen LogP) is 3.72. The van der Waals surface area contributed by atoms with Crippen molar-refractivity contribution in [2.75, 3.05) is 11.9 Å². The van der Waals surface area contributed by atoms with Crippen LogP contribution in [0, 0.1) is 5.92 Å². The molecule has 1 unspecified atom stereocenters. The van der Waals surface area contributed by atoms with Crippen LogP contribution in [0.5, 0.6) is 0 Å². The van der Waals surface area contributed by atoms with Gasteiger partial charge in [0.2, 0.25) is 5.91 Å². The highest BCUT2D eigenvalue weighted by Crippen LogP contribution is 2.26. The summed E-state index contributed by atoms with van der Waals surface area (Å²) >= 11 is 1.52. The van der Waals surface area contributed by atoms with Gasteiger partial charge in [-0.3, -0.25) is 4.79 Å². The maximum atomic E-state index is 12.3. The molecule has 1 amide bonds. The van der Waals surface area contributed by atoms with Crippen LogP contribution in [0.25, 0.3) is 0 Å². The van der Waals surface area contributed by atoms with E-state index in [-0.39, 0.29) is 17.9 Å². The third kappa shape index (κ3) is 4.28. The Morgan fingerprint density at radius 2 is 2.10 bits per heavy atom. The molecule has 0 radical (unpaired) electrons. The van der Waals surface area contributed by atoms with Gasteiger partial charge in [-0.2, -0.15) is 0 Å². The Kier molecular flexibility index (Phi) is 5.98. The number of amides is 1. The third-order valence-corrected chi connectivity index (χ3v) is 4.71. The molecular weight excluding hydrogens is 270 g/mol. The van der Waals surface area contributed by atoms with Gasteiger partial charge in [-0.05, 0) is 26.3 Å². The van der Waals surface area contributed by atoms with E-state index >= 15 is 0 Å². The molecule has 1 heterocycles. The summed E-state index contributed by atoms with van der Waals surface area (Å²) in [5, 5.41) is 9.09. The van der Waals surface area contributed by atoms with Crippen molar-refractivity contribution < 1.29 is 4.79 Å². The zero-order valence-electron chi connectivity index (χ0n) is 12.4. The topological polar surface area (TPSA) is 54.0 Å². The van der Waals surface area contributed by atoms with Crippen molar-refractivity contribution in [1.29, 1.82) is 0 Å². The van der Waals surface area contributed by atoms with E-state index in [1.807, 2.05) is 5.38 Å². The van der Waals surface area contributed by atoms with Gasteiger partial charge in [-0.1, -0.05) is 32.6 Å². The quantitative estimate of drug-likeness (QED) is 0.814. The van der Waals surface area contributed by atoms with Crippen molar-refractivity contribution in [3.05, 3.63) is 11.1 Å². The Hall–Kier alpha value is -0.940. The van der Waals surface area contributed by atoms with Crippen LogP contribution in [0.4, 0.5) is 5.13 Å². The molecule has 0 aliphatic heterocycles. The number of carbonyl (C=O) groups is 1. The minimum absolute atomic E-state index is 0.156. The maximum absolute atomic E-state index is 12.3. The molecule has 0 aromatic carbocycles. The number of hydrogen-bond acceptors (Lipinski definition) is 4. The SMILES string of the molecule is CCNC(C)c1csc(NC(=O)C2CCCCCC2)n1. The lowest BCUT2D eigenvalue weighted by Crippen LogP contribution is -2.22. The van der Waals surface area contributed by atoms with E-state index in [0.717, 1.165) is 30.2 Å². The Bertz CT molecular complexity index is 425. The third-order valence-electron chi connectivity index (χ3n) is 3.93. The van der Waals surface area contributed by atoms with E-state index in [4.69, 9.17) is 0 Å². The molecule has 4 nitrogen and oxygen atoms in total. The highest BCUT2D eigenvalue weighted by molar-refractivity contribution is 7.13. The number of carbonyl (C=O) groups excluding carboxylic acids is 1. The minimum Gasteiger partial charge on any atom is -0.309 e. The summed E-state index contributed by atoms with van der Waals surface area (Å²) in [5.41, 5.74) is 1.01. The summed E-state index contributed by atoms with van der Waals surface area (Å²) in [5.74, 6) is 0.333. The Balaban J connectivity index is 1.90. The average Bonchev–Trinajstić information content (AvgIpc) is 2.73. The van der Waals surface area contributed by atoms with E-state index in [9.17, 15) is 4.79 Å². The van der Waals surface area contributed by atoms with Gasteiger partial charge in [0.1, 0.15) is 0 Å². The monoisotopic (exact) mass is 295 g/mol. The van der Waals surface area contributed by atoms with Crippen LogP contribution >= 0.6 is 11.3 Å². The first-order chi connectivity index (χ1) is 9.70. The summed E-state index contributed by atoms with van der Waals surface area (Å²) in [4.78, 5) is 16.8. The highest BCUT2D eigenvalue weighted by Gasteiger charge is 2.21. The molecule has 112 valence electrons. The largest absolute Gasteiger partial charge is 0.309 e. The first kappa shape index (κ1) is 15.4. The predicted molar refractivity (Wildman–Crippen MR) is 84.0 cm³/mol. The minimum atomic E-state index is 0.156. The highest BCUT2D eigenvalue weighted by atomic mass is 32.1. The molecule has 1 saturated carbocycles. The first-order valence-electron chi connectivity index (χ1n) is 7.70. The lowest BCUT2D eigenvalue weighted by atomic mass is 10.00. The number of hydrogen-bond donors (Lipinski definition) is 2. The van der Waals surface area contributed by atoms with Crippen LogP contribution in [0.2, 0.25) is 0 Å². The van der Waals surface area contributed by atoms with Crippen LogP contribution in [0.3, 0.4) is 0 Å². The lowest BCUT2D eigenvalue weighted by molar-refractivity contribution is -0.120. The molecule has 1 aromatic rings. The number of thiazole rings is 1. The molecule has 2 rings (SSSR count). The van der Waals surface area contributed by atoms with Crippen molar-refractivity contribution in [1.82, 2.24) is 10.3 Å². The van der Waals surface area contributed by atoms with Gasteiger partial charge in [0.05, 0.1) is 5.69 Å². The van der Waals surface area contributed by atoms with Crippen molar-refractivity contribution in [2.24, 2.45) is 5.92 Å². The fraction of sp³-hybridized carbons (Fsp3) is 0.733. The maximum Gasteiger partial charge on any atom is 0.229 e. The molecule has 20 heavy (non-hydrogen) atoms. The van der Waals surface area contributed by atoms with Crippen molar-refractivity contribution in [3.63, 3.8) is 0 Å². The Morgan fingerprint density at radius 1 is 1.40 bits per heavy atom. The van der Waals surface area contributed by atoms with Crippen LogP contribution < -0.4 is 10.6 Å². The van der Waals surface area contributed by atoms with E-state index < -0.39 is 0 Å². The number of nitrogens with one attached hydrogen (secondary N) is 2. The fourth-order valence-corrected chi connectivity index (χ4v) is 3.51. The first-order valence-corrected chi connectivity index (χ1v) is 8.58. The van der Waals surface area contributed by atoms with Gasteiger partial charge in [0.15, 0.2) is 5.13 Å². The molecule has 1 aliphatic rings. The molecular formula is C15H25N3OS. The van der Waals surface area contributed by atoms with Gasteiger partial charge in [0, 0.05) is 17.3 Å². The van der Waals surface area contributed by atoms with Crippen LogP contribution in [-0.4, -0.2) is 17.4 Å². The smallest absolute Gasteiger partial charge is 0.229 e. The second-order valence-electron chi connectivity index (χ2n) is 5.53. The van der Waals surface area contributed by atoms with Crippen molar-refractivity contribution in [2.45, 2.75) is 58.4 Å². The van der Waals surface area contributed by atoms with E-state index in [2.05, 4.69) is 29.5 Å². The molecule has 0 spiro atoms. The molecule has 1 fully saturated rings. The normalized spacial score (nSPS) is 18.5. The number of rotatable bonds is 5. The van der Waals surface area contributed by atoms with E-state index in [0.29, 0.717) is 0 Å². The average molecular weight is 295 g/mol. The second kappa shape index (κ2) is 7.74. The van der Waals surface area contributed by atoms with Gasteiger partial charge in [0.25, 0.3) is 0 Å². The number of anilines is 1. The van der Waals surface area contributed by atoms with Gasteiger partial charge in [-0.15, -0.1) is 11.3 Å².